The summed E-state index contributed by atoms with van der Waals surface area (Å²) in [5, 5.41) is 8.07. The predicted molar refractivity (Wildman–Crippen MR) is 102 cm³/mol. The molecule has 0 aliphatic carbocycles. The Bertz CT molecular complexity index is 714. The molecule has 0 saturated carbocycles. The molecule has 4 nitrogen and oxygen atoms in total. The lowest BCUT2D eigenvalue weighted by atomic mass is 9.96. The molecule has 0 bridgehead atoms. The van der Waals surface area contributed by atoms with Crippen molar-refractivity contribution >= 4 is 34.6 Å². The highest BCUT2D eigenvalue weighted by atomic mass is 32.2. The van der Waals surface area contributed by atoms with E-state index in [0.29, 0.717) is 9.94 Å². The Morgan fingerprint density at radius 3 is 2.22 bits per heavy atom. The summed E-state index contributed by atoms with van der Waals surface area (Å²) >= 11 is 4.93. The normalized spacial score (nSPS) is 12.3. The second-order valence-corrected chi connectivity index (χ2v) is 8.12. The number of hydrogen-bond donors (Lipinski definition) is 1. The molecule has 6 heteroatoms. The smallest absolute Gasteiger partial charge is 0.282 e. The molecule has 2 aromatic rings. The number of aromatic nitrogens is 2. The van der Waals surface area contributed by atoms with Gasteiger partial charge in [0.1, 0.15) is 5.82 Å². The Labute approximate surface area is 146 Å². The molecule has 120 valence electrons. The number of hydrogen-bond acceptors (Lipinski definition) is 4. The molecule has 1 aromatic heterocycles. The van der Waals surface area contributed by atoms with E-state index in [4.69, 9.17) is 5.41 Å². The van der Waals surface area contributed by atoms with Gasteiger partial charge in [-0.15, -0.1) is 0 Å². The zero-order chi connectivity index (χ0) is 17.0. The molecule has 0 atom stereocenters. The van der Waals surface area contributed by atoms with Gasteiger partial charge in [0.15, 0.2) is 5.84 Å². The van der Waals surface area contributed by atoms with Crippen LogP contribution < -0.4 is 0 Å². The van der Waals surface area contributed by atoms with Gasteiger partial charge < -0.3 is 0 Å². The first-order valence-electron chi connectivity index (χ1n) is 7.22. The van der Waals surface area contributed by atoms with Crippen LogP contribution in [0.3, 0.4) is 0 Å². The summed E-state index contributed by atoms with van der Waals surface area (Å²) in [4.78, 5) is 14.0. The predicted octanol–water partition coefficient (Wildman–Crippen LogP) is 3.57. The molecule has 2 rings (SSSR count). The van der Waals surface area contributed by atoms with Gasteiger partial charge in [0.2, 0.25) is 0 Å². The van der Waals surface area contributed by atoms with Gasteiger partial charge in [-0.3, -0.25) is 5.41 Å². The fourth-order valence-electron chi connectivity index (χ4n) is 1.74. The van der Waals surface area contributed by atoms with Gasteiger partial charge >= 0.3 is 0 Å². The van der Waals surface area contributed by atoms with Gasteiger partial charge in [-0.05, 0) is 30.8 Å². The monoisotopic (exact) mass is 345 g/mol. The minimum atomic E-state index is -0.106. The van der Waals surface area contributed by atoms with Crippen LogP contribution in [0.1, 0.15) is 37.7 Å². The number of nitrogens with one attached hydrogen (secondary N) is 1. The minimum Gasteiger partial charge on any atom is -0.282 e. The SMILES string of the molecule is Cc1ccc(SC([SH2+])=NC(=N)c2cnc(C(C)(C)C)nc2)cc1. The van der Waals surface area contributed by atoms with Crippen molar-refractivity contribution in [2.24, 2.45) is 4.99 Å². The maximum atomic E-state index is 8.07. The summed E-state index contributed by atoms with van der Waals surface area (Å²) in [6.07, 6.45) is 3.30. The van der Waals surface area contributed by atoms with Gasteiger partial charge in [-0.1, -0.05) is 38.5 Å². The fourth-order valence-corrected chi connectivity index (χ4v) is 2.84. The molecular formula is C17H21N4S2+. The quantitative estimate of drug-likeness (QED) is 0.392. The van der Waals surface area contributed by atoms with E-state index in [-0.39, 0.29) is 11.3 Å². The van der Waals surface area contributed by atoms with Crippen LogP contribution in [0.15, 0.2) is 46.5 Å². The largest absolute Gasteiger partial charge is 0.284 e. The Morgan fingerprint density at radius 2 is 1.70 bits per heavy atom. The number of nitrogens with zero attached hydrogens (tertiary/aromatic N) is 3. The van der Waals surface area contributed by atoms with Crippen molar-refractivity contribution in [1.29, 1.82) is 5.41 Å². The zero-order valence-corrected chi connectivity index (χ0v) is 15.5. The van der Waals surface area contributed by atoms with Gasteiger partial charge in [0, 0.05) is 35.3 Å². The number of rotatable bonds is 2. The molecule has 0 aliphatic rings. The summed E-state index contributed by atoms with van der Waals surface area (Å²) in [6.45, 7) is 8.22. The number of thioether (sulfide) groups is 1. The van der Waals surface area contributed by atoms with Gasteiger partial charge in [0.05, 0.1) is 5.56 Å². The van der Waals surface area contributed by atoms with Crippen molar-refractivity contribution in [2.45, 2.75) is 38.0 Å². The highest BCUT2D eigenvalue weighted by molar-refractivity contribution is 8.27. The topological polar surface area (TPSA) is 62.0 Å². The molecule has 1 aromatic carbocycles. The van der Waals surface area contributed by atoms with E-state index >= 15 is 0 Å². The number of amidine groups is 1. The number of aryl methyl sites for hydroxylation is 1. The van der Waals surface area contributed by atoms with Crippen LogP contribution in [-0.2, 0) is 18.0 Å². The van der Waals surface area contributed by atoms with Gasteiger partial charge in [0.25, 0.3) is 4.38 Å². The Balaban J connectivity index is 2.09. The van der Waals surface area contributed by atoms with Crippen LogP contribution in [-0.4, -0.2) is 20.2 Å². The molecule has 23 heavy (non-hydrogen) atoms. The van der Waals surface area contributed by atoms with Crippen molar-refractivity contribution in [3.05, 3.63) is 53.6 Å². The van der Waals surface area contributed by atoms with E-state index < -0.39 is 0 Å². The summed E-state index contributed by atoms with van der Waals surface area (Å²) in [5.41, 5.74) is 1.70. The highest BCUT2D eigenvalue weighted by Gasteiger charge is 2.17. The van der Waals surface area contributed by atoms with Crippen molar-refractivity contribution in [3.63, 3.8) is 0 Å². The first-order chi connectivity index (χ1) is 10.8. The van der Waals surface area contributed by atoms with E-state index in [1.165, 1.54) is 17.3 Å². The molecule has 1 N–H and O–H groups in total. The van der Waals surface area contributed by atoms with Crippen LogP contribution in [0.2, 0.25) is 0 Å². The van der Waals surface area contributed by atoms with Crippen LogP contribution >= 0.6 is 11.8 Å². The van der Waals surface area contributed by atoms with Crippen molar-refractivity contribution < 1.29 is 0 Å². The molecule has 1 heterocycles. The average Bonchev–Trinajstić information content (AvgIpc) is 2.49. The Kier molecular flexibility index (Phi) is 5.59. The van der Waals surface area contributed by atoms with Crippen LogP contribution in [0.4, 0.5) is 0 Å². The molecule has 0 spiro atoms. The van der Waals surface area contributed by atoms with Crippen LogP contribution in [0, 0.1) is 12.3 Å². The summed E-state index contributed by atoms with van der Waals surface area (Å²) in [7, 11) is 0. The molecule has 0 fully saturated rings. The lowest BCUT2D eigenvalue weighted by Gasteiger charge is -2.15. The lowest BCUT2D eigenvalue weighted by molar-refractivity contribution is 0.545. The van der Waals surface area contributed by atoms with E-state index in [1.54, 1.807) is 12.4 Å². The van der Waals surface area contributed by atoms with Crippen molar-refractivity contribution in [1.82, 2.24) is 9.97 Å². The standard InChI is InChI=1S/C17H20N4S2/c1-11-5-7-13(8-6-11)23-16(22)21-14(18)12-9-19-15(20-10-12)17(2,3)4/h5-10H,1-4H3,(H2,18,21,22)/p+1. The van der Waals surface area contributed by atoms with E-state index in [0.717, 1.165) is 10.7 Å². The minimum absolute atomic E-state index is 0.106. The van der Waals surface area contributed by atoms with Crippen molar-refractivity contribution in [3.8, 4) is 0 Å². The third kappa shape index (κ3) is 5.18. The average molecular weight is 346 g/mol. The van der Waals surface area contributed by atoms with Crippen LogP contribution in [0.25, 0.3) is 0 Å². The summed E-state index contributed by atoms with van der Waals surface area (Å²) < 4.78 is 0.624. The van der Waals surface area contributed by atoms with Gasteiger partial charge in [-0.2, -0.15) is 4.99 Å². The molecule has 0 radical (unpaired) electrons. The molecule has 0 aliphatic heterocycles. The lowest BCUT2D eigenvalue weighted by Crippen LogP contribution is -2.16. The third-order valence-electron chi connectivity index (χ3n) is 3.04. The highest BCUT2D eigenvalue weighted by Crippen LogP contribution is 2.20. The fraction of sp³-hybridized carbons (Fsp3) is 0.294. The molecular weight excluding hydrogens is 324 g/mol. The van der Waals surface area contributed by atoms with Crippen molar-refractivity contribution in [2.75, 3.05) is 0 Å². The molecule has 0 amide bonds. The Morgan fingerprint density at radius 1 is 1.13 bits per heavy atom. The van der Waals surface area contributed by atoms with E-state index in [1.807, 2.05) is 31.2 Å². The summed E-state index contributed by atoms with van der Waals surface area (Å²) in [5.74, 6) is 0.890. The Hall–Kier alpha value is -1.66. The third-order valence-corrected chi connectivity index (χ3v) is 4.26. The second-order valence-electron chi connectivity index (χ2n) is 6.23. The van der Waals surface area contributed by atoms with Gasteiger partial charge in [-0.25, -0.2) is 9.97 Å². The molecule has 0 saturated heterocycles. The van der Waals surface area contributed by atoms with E-state index in [2.05, 4.69) is 48.4 Å². The van der Waals surface area contributed by atoms with E-state index in [9.17, 15) is 0 Å². The number of benzene rings is 1. The number of aliphatic imine (C=N–C) groups is 1. The van der Waals surface area contributed by atoms with Crippen LogP contribution in [0.5, 0.6) is 0 Å². The zero-order valence-electron chi connectivity index (χ0n) is 13.7. The first-order valence-corrected chi connectivity index (χ1v) is 8.53. The maximum Gasteiger partial charge on any atom is 0.284 e. The first kappa shape index (κ1) is 17.7. The summed E-state index contributed by atoms with van der Waals surface area (Å²) in [6, 6.07) is 8.15. The maximum absolute atomic E-state index is 8.07. The molecule has 0 unspecified atom stereocenters. The second kappa shape index (κ2) is 7.27.